The predicted molar refractivity (Wildman–Crippen MR) is 66.6 cm³/mol. The van der Waals surface area contributed by atoms with Crippen molar-refractivity contribution < 1.29 is 9.13 Å². The fourth-order valence-corrected chi connectivity index (χ4v) is 1.37. The Labute approximate surface area is 99.4 Å². The summed E-state index contributed by atoms with van der Waals surface area (Å²) in [6.07, 6.45) is 1.73. The molecule has 0 aliphatic carbocycles. The Bertz CT molecular complexity index is 503. The third-order valence-corrected chi connectivity index (χ3v) is 2.31. The molecular formula is C14H12FNO. The molecule has 0 saturated heterocycles. The van der Waals surface area contributed by atoms with E-state index in [9.17, 15) is 4.39 Å². The second-order valence-electron chi connectivity index (χ2n) is 3.51. The highest BCUT2D eigenvalue weighted by Gasteiger charge is 1.92. The minimum absolute atomic E-state index is 0.256. The average molecular weight is 229 g/mol. The Hall–Kier alpha value is -2.16. The van der Waals surface area contributed by atoms with Crippen molar-refractivity contribution in [3.05, 3.63) is 59.9 Å². The topological polar surface area (TPSA) is 21.6 Å². The SMILES string of the molecule is COc1ccc(C=Nc2ccc(F)cc2)cc1. The van der Waals surface area contributed by atoms with E-state index >= 15 is 0 Å². The van der Waals surface area contributed by atoms with E-state index in [1.807, 2.05) is 24.3 Å². The van der Waals surface area contributed by atoms with Crippen molar-refractivity contribution in [1.82, 2.24) is 0 Å². The first-order chi connectivity index (χ1) is 8.28. The van der Waals surface area contributed by atoms with E-state index in [2.05, 4.69) is 4.99 Å². The van der Waals surface area contributed by atoms with Crippen LogP contribution in [0.2, 0.25) is 0 Å². The van der Waals surface area contributed by atoms with Crippen LogP contribution in [0.25, 0.3) is 0 Å². The Morgan fingerprint density at radius 3 is 2.24 bits per heavy atom. The molecule has 0 saturated carbocycles. The van der Waals surface area contributed by atoms with Gasteiger partial charge >= 0.3 is 0 Å². The van der Waals surface area contributed by atoms with Gasteiger partial charge in [0.05, 0.1) is 12.8 Å². The molecule has 2 aromatic rings. The average Bonchev–Trinajstić information content (AvgIpc) is 2.39. The third-order valence-electron chi connectivity index (χ3n) is 2.31. The summed E-state index contributed by atoms with van der Waals surface area (Å²) in [6.45, 7) is 0. The quantitative estimate of drug-likeness (QED) is 0.737. The van der Waals surface area contributed by atoms with Crippen LogP contribution in [-0.2, 0) is 0 Å². The summed E-state index contributed by atoms with van der Waals surface area (Å²) < 4.78 is 17.7. The lowest BCUT2D eigenvalue weighted by Crippen LogP contribution is -1.84. The van der Waals surface area contributed by atoms with Crippen LogP contribution in [0.4, 0.5) is 10.1 Å². The monoisotopic (exact) mass is 229 g/mol. The summed E-state index contributed by atoms with van der Waals surface area (Å²) in [5.41, 5.74) is 1.69. The lowest BCUT2D eigenvalue weighted by molar-refractivity contribution is 0.415. The van der Waals surface area contributed by atoms with Crippen molar-refractivity contribution in [1.29, 1.82) is 0 Å². The summed E-state index contributed by atoms with van der Waals surface area (Å²) >= 11 is 0. The van der Waals surface area contributed by atoms with Gasteiger partial charge in [-0.2, -0.15) is 0 Å². The third kappa shape index (κ3) is 3.14. The molecule has 17 heavy (non-hydrogen) atoms. The van der Waals surface area contributed by atoms with Gasteiger partial charge in [-0.1, -0.05) is 0 Å². The lowest BCUT2D eigenvalue weighted by Gasteiger charge is -1.98. The molecule has 0 aliphatic heterocycles. The normalized spacial score (nSPS) is 10.7. The highest BCUT2D eigenvalue weighted by molar-refractivity contribution is 5.82. The molecule has 0 N–H and O–H groups in total. The van der Waals surface area contributed by atoms with Gasteiger partial charge in [-0.25, -0.2) is 4.39 Å². The van der Waals surface area contributed by atoms with Crippen LogP contribution in [0.1, 0.15) is 5.56 Å². The maximum absolute atomic E-state index is 12.7. The van der Waals surface area contributed by atoms with Gasteiger partial charge in [-0.15, -0.1) is 0 Å². The van der Waals surface area contributed by atoms with Crippen molar-refractivity contribution in [2.75, 3.05) is 7.11 Å². The number of aliphatic imine (C=N–C) groups is 1. The van der Waals surface area contributed by atoms with Crippen LogP contribution in [0.5, 0.6) is 5.75 Å². The molecule has 0 unspecified atom stereocenters. The zero-order valence-electron chi connectivity index (χ0n) is 9.43. The van der Waals surface area contributed by atoms with Crippen molar-refractivity contribution in [2.45, 2.75) is 0 Å². The minimum atomic E-state index is -0.256. The Morgan fingerprint density at radius 1 is 1.00 bits per heavy atom. The molecule has 2 rings (SSSR count). The van der Waals surface area contributed by atoms with Crippen molar-refractivity contribution >= 4 is 11.9 Å². The number of halogens is 1. The van der Waals surface area contributed by atoms with Gasteiger partial charge in [0.25, 0.3) is 0 Å². The van der Waals surface area contributed by atoms with E-state index in [1.54, 1.807) is 25.5 Å². The zero-order chi connectivity index (χ0) is 12.1. The molecule has 0 aliphatic rings. The fourth-order valence-electron chi connectivity index (χ4n) is 1.37. The number of hydrogen-bond acceptors (Lipinski definition) is 2. The summed E-state index contributed by atoms with van der Waals surface area (Å²) in [7, 11) is 1.63. The predicted octanol–water partition coefficient (Wildman–Crippen LogP) is 3.58. The number of methoxy groups -OCH3 is 1. The molecule has 0 spiro atoms. The van der Waals surface area contributed by atoms with E-state index in [-0.39, 0.29) is 5.82 Å². The fraction of sp³-hybridized carbons (Fsp3) is 0.0714. The van der Waals surface area contributed by atoms with Crippen molar-refractivity contribution in [3.8, 4) is 5.75 Å². The van der Waals surface area contributed by atoms with Gasteiger partial charge in [0, 0.05) is 6.21 Å². The van der Waals surface area contributed by atoms with E-state index in [4.69, 9.17) is 4.74 Å². The van der Waals surface area contributed by atoms with Gasteiger partial charge in [0.2, 0.25) is 0 Å². The molecule has 3 heteroatoms. The highest BCUT2D eigenvalue weighted by atomic mass is 19.1. The van der Waals surface area contributed by atoms with Crippen LogP contribution in [0.3, 0.4) is 0 Å². The summed E-state index contributed by atoms with van der Waals surface area (Å²) in [6, 6.07) is 13.6. The molecule has 0 heterocycles. The second kappa shape index (κ2) is 5.25. The van der Waals surface area contributed by atoms with Gasteiger partial charge in [-0.05, 0) is 54.1 Å². The van der Waals surface area contributed by atoms with E-state index in [1.165, 1.54) is 12.1 Å². The number of nitrogens with zero attached hydrogens (tertiary/aromatic N) is 1. The molecule has 0 amide bonds. The molecule has 2 aromatic carbocycles. The molecule has 0 aromatic heterocycles. The van der Waals surface area contributed by atoms with Crippen molar-refractivity contribution in [2.24, 2.45) is 4.99 Å². The highest BCUT2D eigenvalue weighted by Crippen LogP contribution is 2.13. The van der Waals surface area contributed by atoms with Gasteiger partial charge in [0.1, 0.15) is 11.6 Å². The smallest absolute Gasteiger partial charge is 0.123 e. The zero-order valence-corrected chi connectivity index (χ0v) is 9.43. The van der Waals surface area contributed by atoms with Crippen LogP contribution >= 0.6 is 0 Å². The molecule has 0 fully saturated rings. The Balaban J connectivity index is 2.11. The van der Waals surface area contributed by atoms with Crippen LogP contribution < -0.4 is 4.74 Å². The summed E-state index contributed by atoms with van der Waals surface area (Å²) in [5.74, 6) is 0.553. The van der Waals surface area contributed by atoms with E-state index in [0.29, 0.717) is 0 Å². The standard InChI is InChI=1S/C14H12FNO/c1-17-14-8-2-11(3-9-14)10-16-13-6-4-12(15)5-7-13/h2-10H,1H3. The van der Waals surface area contributed by atoms with Crippen LogP contribution in [0, 0.1) is 5.82 Å². The van der Waals surface area contributed by atoms with Gasteiger partial charge in [0.15, 0.2) is 0 Å². The van der Waals surface area contributed by atoms with Gasteiger partial charge < -0.3 is 4.74 Å². The number of ether oxygens (including phenoxy) is 1. The first-order valence-electron chi connectivity index (χ1n) is 5.21. The second-order valence-corrected chi connectivity index (χ2v) is 3.51. The van der Waals surface area contributed by atoms with Crippen molar-refractivity contribution in [3.63, 3.8) is 0 Å². The lowest BCUT2D eigenvalue weighted by atomic mass is 10.2. The number of rotatable bonds is 3. The summed E-state index contributed by atoms with van der Waals surface area (Å²) in [5, 5.41) is 0. The molecule has 2 nitrogen and oxygen atoms in total. The van der Waals surface area contributed by atoms with Crippen LogP contribution in [-0.4, -0.2) is 13.3 Å². The Morgan fingerprint density at radius 2 is 1.65 bits per heavy atom. The van der Waals surface area contributed by atoms with E-state index in [0.717, 1.165) is 17.0 Å². The van der Waals surface area contributed by atoms with E-state index < -0.39 is 0 Å². The minimum Gasteiger partial charge on any atom is -0.497 e. The molecule has 0 bridgehead atoms. The molecule has 0 radical (unpaired) electrons. The number of hydrogen-bond donors (Lipinski definition) is 0. The maximum Gasteiger partial charge on any atom is 0.123 e. The largest absolute Gasteiger partial charge is 0.497 e. The van der Waals surface area contributed by atoms with Gasteiger partial charge in [-0.3, -0.25) is 4.99 Å². The number of benzene rings is 2. The Kier molecular flexibility index (Phi) is 3.50. The molecular weight excluding hydrogens is 217 g/mol. The summed E-state index contributed by atoms with van der Waals surface area (Å²) in [4.78, 5) is 4.24. The molecule has 0 atom stereocenters. The first-order valence-corrected chi connectivity index (χ1v) is 5.21. The van der Waals surface area contributed by atoms with Crippen LogP contribution in [0.15, 0.2) is 53.5 Å². The maximum atomic E-state index is 12.7. The molecule has 86 valence electrons. The first kappa shape index (κ1) is 11.3.